The van der Waals surface area contributed by atoms with E-state index in [0.29, 0.717) is 6.07 Å². The fourth-order valence-corrected chi connectivity index (χ4v) is 9.05. The molecule has 0 aliphatic carbocycles. The van der Waals surface area contributed by atoms with E-state index in [9.17, 15) is 138 Å². The van der Waals surface area contributed by atoms with Crippen molar-refractivity contribution in [3.63, 3.8) is 0 Å². The second-order valence-corrected chi connectivity index (χ2v) is 16.4. The van der Waals surface area contributed by atoms with Crippen molar-refractivity contribution in [3.8, 4) is 206 Å². The summed E-state index contributed by atoms with van der Waals surface area (Å²) in [6, 6.07) is 0.564. The Hall–Kier alpha value is -12.1. The number of phenols is 27. The molecule has 0 unspecified atom stereocenters. The number of hydrogen-bond donors (Lipinski definition) is 27. The predicted octanol–water partition coefficient (Wildman–Crippen LogP) is 3.43. The maximum absolute atomic E-state index is 12.3. The zero-order valence-corrected chi connectivity index (χ0v) is 36.4. The molecule has 0 bridgehead atoms. The minimum atomic E-state index is -1.75. The first-order valence-electron chi connectivity index (χ1n) is 20.4. The van der Waals surface area contributed by atoms with E-state index in [1.807, 2.05) is 0 Å². The molecule has 76 heavy (non-hydrogen) atoms. The molecule has 0 amide bonds. The second-order valence-electron chi connectivity index (χ2n) is 16.4. The third-order valence-corrected chi connectivity index (χ3v) is 12.6. The van der Waals surface area contributed by atoms with E-state index in [1.165, 1.54) is 0 Å². The lowest BCUT2D eigenvalue weighted by Gasteiger charge is -2.20. The van der Waals surface area contributed by atoms with Crippen LogP contribution in [-0.2, 0) is 0 Å². The average Bonchev–Trinajstić information content (AvgIpc) is 3.93. The van der Waals surface area contributed by atoms with Crippen LogP contribution in [0.25, 0.3) is 94.3 Å². The van der Waals surface area contributed by atoms with Gasteiger partial charge >= 0.3 is 0 Å². The minimum Gasteiger partial charge on any atom is -0.504 e. The maximum Gasteiger partial charge on any atom is 0.208 e. The van der Waals surface area contributed by atoms with Crippen LogP contribution in [0.2, 0.25) is 0 Å². The number of aromatic nitrogens is 4. The van der Waals surface area contributed by atoms with Crippen LogP contribution >= 0.6 is 0 Å². The van der Waals surface area contributed by atoms with Crippen molar-refractivity contribution in [1.29, 1.82) is 0 Å². The maximum atomic E-state index is 12.3. The Morgan fingerprint density at radius 2 is 0.500 bits per heavy atom. The lowest BCUT2D eigenvalue weighted by molar-refractivity contribution is 0.327. The van der Waals surface area contributed by atoms with Gasteiger partial charge < -0.3 is 138 Å². The summed E-state index contributed by atoms with van der Waals surface area (Å²) < 4.78 is 0.284. The van der Waals surface area contributed by atoms with E-state index in [2.05, 4.69) is 15.0 Å². The fraction of sp³-hybridized carbons (Fsp3) is 0. The highest BCUT2D eigenvalue weighted by Gasteiger charge is 2.40. The standard InChI is InChI=1S/C45H28N4O27/c50-3-1-2-4-6-7-8(5(2)18(52)17(3)51)19(53)33(67)30(64)15(7)49(16-31(65)38(72)42(76)39(73)32(16)66)14(6)29(63)24(58)11(4)43-46-44(48-45(47-43)13-27(61)36(70)41(75)37(71)28(13)62)12-25(59)20(54)9(21(55)26(12)60)10-22(56)34(68)40(74)35(69)23(10)57/h1,50-76H. The fourth-order valence-electron chi connectivity index (χ4n) is 9.05. The van der Waals surface area contributed by atoms with Crippen molar-refractivity contribution in [2.45, 2.75) is 0 Å². The molecule has 0 aliphatic rings. The van der Waals surface area contributed by atoms with Gasteiger partial charge in [-0.1, -0.05) is 0 Å². The molecular formula is C45H28N4O27. The molecule has 0 fully saturated rings. The molecule has 8 aromatic carbocycles. The Labute approximate surface area is 412 Å². The first-order chi connectivity index (χ1) is 35.5. The Kier molecular flexibility index (Phi) is 9.39. The molecule has 10 rings (SSSR count). The van der Waals surface area contributed by atoms with Gasteiger partial charge in [-0.3, -0.25) is 4.57 Å². The van der Waals surface area contributed by atoms with Crippen molar-refractivity contribution in [2.24, 2.45) is 0 Å². The summed E-state index contributed by atoms with van der Waals surface area (Å²) in [7, 11) is 0. The lowest BCUT2D eigenvalue weighted by Crippen LogP contribution is -2.03. The zero-order chi connectivity index (χ0) is 55.8. The topological polar surface area (TPSA) is 590 Å². The van der Waals surface area contributed by atoms with E-state index in [-0.39, 0.29) is 4.57 Å². The molecule has 10 aromatic rings. The molecule has 0 spiro atoms. The molecular weight excluding hydrogens is 1030 g/mol. The molecule has 2 heterocycles. The van der Waals surface area contributed by atoms with E-state index in [1.54, 1.807) is 0 Å². The Balaban J connectivity index is 1.46. The van der Waals surface area contributed by atoms with Gasteiger partial charge in [-0.25, -0.2) is 15.0 Å². The van der Waals surface area contributed by atoms with Gasteiger partial charge in [0, 0.05) is 26.9 Å². The summed E-state index contributed by atoms with van der Waals surface area (Å²) in [5, 5.41) is 293. The van der Waals surface area contributed by atoms with Crippen molar-refractivity contribution in [2.75, 3.05) is 0 Å². The second kappa shape index (κ2) is 15.0. The van der Waals surface area contributed by atoms with E-state index in [4.69, 9.17) is 0 Å². The molecule has 31 heteroatoms. The van der Waals surface area contributed by atoms with Crippen LogP contribution in [0, 0.1) is 0 Å². The highest BCUT2D eigenvalue weighted by molar-refractivity contribution is 6.41. The Bertz CT molecular complexity index is 4260. The summed E-state index contributed by atoms with van der Waals surface area (Å²) >= 11 is 0. The Morgan fingerprint density at radius 1 is 0.224 bits per heavy atom. The van der Waals surface area contributed by atoms with Crippen molar-refractivity contribution < 1.29 is 138 Å². The number of benzene rings is 8. The van der Waals surface area contributed by atoms with Crippen molar-refractivity contribution in [3.05, 3.63) is 6.07 Å². The molecule has 0 atom stereocenters. The molecule has 0 saturated carbocycles. The molecule has 0 saturated heterocycles. The normalized spacial score (nSPS) is 11.8. The van der Waals surface area contributed by atoms with E-state index < -0.39 is 250 Å². The molecule has 0 radical (unpaired) electrons. The van der Waals surface area contributed by atoms with Crippen LogP contribution in [0.1, 0.15) is 0 Å². The van der Waals surface area contributed by atoms with Gasteiger partial charge in [-0.2, -0.15) is 0 Å². The van der Waals surface area contributed by atoms with Crippen LogP contribution in [-0.4, -0.2) is 157 Å². The number of phenolic OH excluding ortho intramolecular Hbond substituents is 27. The predicted molar refractivity (Wildman–Crippen MR) is 247 cm³/mol. The lowest BCUT2D eigenvalue weighted by atomic mass is 9.89. The average molecular weight is 1060 g/mol. The highest BCUT2D eigenvalue weighted by atomic mass is 16.4. The monoisotopic (exact) mass is 1060 g/mol. The van der Waals surface area contributed by atoms with Gasteiger partial charge in [-0.05, 0) is 11.5 Å². The summed E-state index contributed by atoms with van der Waals surface area (Å²) in [6.45, 7) is 0. The van der Waals surface area contributed by atoms with Crippen LogP contribution in [0.5, 0.6) is 155 Å². The number of fused-ring (bicyclic) bond motifs is 3. The zero-order valence-electron chi connectivity index (χ0n) is 36.4. The van der Waals surface area contributed by atoms with Gasteiger partial charge in [0.1, 0.15) is 27.8 Å². The summed E-state index contributed by atoms with van der Waals surface area (Å²) in [5.41, 5.74) is -10.2. The van der Waals surface area contributed by atoms with Crippen molar-refractivity contribution in [1.82, 2.24) is 19.5 Å². The van der Waals surface area contributed by atoms with Crippen molar-refractivity contribution >= 4 is 43.4 Å². The largest absolute Gasteiger partial charge is 0.504 e. The summed E-state index contributed by atoms with van der Waals surface area (Å²) in [6.07, 6.45) is 0. The molecule has 2 aromatic heterocycles. The van der Waals surface area contributed by atoms with Gasteiger partial charge in [0.05, 0.1) is 16.7 Å². The third kappa shape index (κ3) is 5.53. The van der Waals surface area contributed by atoms with Gasteiger partial charge in [0.15, 0.2) is 109 Å². The summed E-state index contributed by atoms with van der Waals surface area (Å²) in [5.74, 6) is -46.8. The summed E-state index contributed by atoms with van der Waals surface area (Å²) in [4.78, 5) is 12.0. The minimum absolute atomic E-state index is 0.284. The number of nitrogens with zero attached hydrogens (tertiary/aromatic N) is 4. The van der Waals surface area contributed by atoms with Gasteiger partial charge in [-0.15, -0.1) is 0 Å². The molecule has 27 N–H and O–H groups in total. The molecule has 31 nitrogen and oxygen atoms in total. The van der Waals surface area contributed by atoms with Gasteiger partial charge in [0.25, 0.3) is 0 Å². The molecule has 0 aliphatic heterocycles. The first kappa shape index (κ1) is 47.6. The van der Waals surface area contributed by atoms with Crippen LogP contribution in [0.3, 0.4) is 0 Å². The van der Waals surface area contributed by atoms with Crippen LogP contribution < -0.4 is 0 Å². The van der Waals surface area contributed by atoms with Gasteiger partial charge in [0.2, 0.25) is 63.2 Å². The molecule has 390 valence electrons. The number of rotatable bonds is 5. The van der Waals surface area contributed by atoms with Crippen LogP contribution in [0.4, 0.5) is 0 Å². The third-order valence-electron chi connectivity index (χ3n) is 12.6. The Morgan fingerprint density at radius 3 is 0.921 bits per heavy atom. The highest BCUT2D eigenvalue weighted by Crippen LogP contribution is 2.66. The van der Waals surface area contributed by atoms with E-state index >= 15 is 0 Å². The number of hydrogen-bond acceptors (Lipinski definition) is 30. The van der Waals surface area contributed by atoms with Crippen LogP contribution in [0.15, 0.2) is 6.07 Å². The SMILES string of the molecule is Oc1cc2c(c(O)c1O)c1c(O)c(O)c(O)c3c1c1c2c(-c2nc(-c4c(O)c(O)c(O)c(O)c4O)nc(-c4c(O)c(O)c(-c5c(O)c(O)c(O)c(O)c5O)c(O)c4O)n2)c(O)c(O)c1n3-c1c(O)c(O)c(O)c(O)c1O. The first-order valence-corrected chi connectivity index (χ1v) is 20.4. The van der Waals surface area contributed by atoms with E-state index in [0.717, 1.165) is 0 Å². The quantitative estimate of drug-likeness (QED) is 0.0667. The number of aromatic hydroxyl groups is 27. The smallest absolute Gasteiger partial charge is 0.208 e.